The van der Waals surface area contributed by atoms with Crippen LogP contribution in [0.5, 0.6) is 0 Å². The van der Waals surface area contributed by atoms with Crippen molar-refractivity contribution in [2.24, 2.45) is 11.7 Å². The Labute approximate surface area is 96.9 Å². The van der Waals surface area contributed by atoms with Crippen LogP contribution in [0.4, 0.5) is 0 Å². The Morgan fingerprint density at radius 3 is 2.88 bits per heavy atom. The second kappa shape index (κ2) is 5.64. The molecule has 2 aliphatic rings. The number of ether oxygens (including phenoxy) is 1. The number of nitrogens with two attached hydrogens (primary N) is 1. The lowest BCUT2D eigenvalue weighted by Gasteiger charge is -2.13. The summed E-state index contributed by atoms with van der Waals surface area (Å²) in [5.74, 6) is 0.338. The minimum Gasteiger partial charge on any atom is -0.378 e. The van der Waals surface area contributed by atoms with Gasteiger partial charge in [-0.05, 0) is 38.5 Å². The Balaban J connectivity index is 1.60. The minimum absolute atomic E-state index is 0.152. The number of nitrogens with one attached hydrogen (secondary N) is 1. The Hall–Kier alpha value is -0.610. The van der Waals surface area contributed by atoms with Crippen LogP contribution in [-0.4, -0.2) is 31.2 Å². The summed E-state index contributed by atoms with van der Waals surface area (Å²) in [5.41, 5.74) is 5.79. The lowest BCUT2D eigenvalue weighted by molar-refractivity contribution is -0.124. The Morgan fingerprint density at radius 1 is 1.38 bits per heavy atom. The number of hydrogen-bond donors (Lipinski definition) is 2. The third-order valence-corrected chi connectivity index (χ3v) is 3.63. The van der Waals surface area contributed by atoms with Gasteiger partial charge in [0, 0.05) is 25.1 Å². The van der Waals surface area contributed by atoms with Gasteiger partial charge in [-0.15, -0.1) is 0 Å². The van der Waals surface area contributed by atoms with Crippen LogP contribution in [0.25, 0.3) is 0 Å². The van der Waals surface area contributed by atoms with Crippen molar-refractivity contribution in [3.8, 4) is 0 Å². The van der Waals surface area contributed by atoms with Crippen LogP contribution in [0, 0.1) is 5.92 Å². The van der Waals surface area contributed by atoms with E-state index in [4.69, 9.17) is 10.5 Å². The molecule has 1 saturated carbocycles. The highest BCUT2D eigenvalue weighted by Crippen LogP contribution is 2.24. The fraction of sp³-hybridized carbons (Fsp3) is 0.917. The molecular formula is C12H22N2O2. The highest BCUT2D eigenvalue weighted by atomic mass is 16.5. The quantitative estimate of drug-likeness (QED) is 0.745. The maximum atomic E-state index is 11.8. The lowest BCUT2D eigenvalue weighted by Crippen LogP contribution is -2.32. The van der Waals surface area contributed by atoms with Gasteiger partial charge in [0.25, 0.3) is 0 Å². The van der Waals surface area contributed by atoms with Crippen molar-refractivity contribution >= 4 is 5.91 Å². The Kier molecular flexibility index (Phi) is 4.18. The van der Waals surface area contributed by atoms with Crippen LogP contribution >= 0.6 is 0 Å². The van der Waals surface area contributed by atoms with E-state index in [1.807, 2.05) is 0 Å². The molecule has 0 aromatic carbocycles. The highest BCUT2D eigenvalue weighted by molar-refractivity contribution is 5.78. The van der Waals surface area contributed by atoms with E-state index in [0.717, 1.165) is 51.7 Å². The van der Waals surface area contributed by atoms with Crippen LogP contribution in [0.1, 0.15) is 38.5 Å². The van der Waals surface area contributed by atoms with Crippen molar-refractivity contribution in [2.75, 3.05) is 13.2 Å². The van der Waals surface area contributed by atoms with Crippen LogP contribution in [0.3, 0.4) is 0 Å². The van der Waals surface area contributed by atoms with E-state index in [0.29, 0.717) is 6.10 Å². The first-order chi connectivity index (χ1) is 7.75. The molecule has 1 amide bonds. The summed E-state index contributed by atoms with van der Waals surface area (Å²) < 4.78 is 5.51. The first kappa shape index (κ1) is 11.9. The average molecular weight is 226 g/mol. The van der Waals surface area contributed by atoms with Gasteiger partial charge in [0.2, 0.25) is 5.91 Å². The van der Waals surface area contributed by atoms with Gasteiger partial charge in [-0.2, -0.15) is 0 Å². The van der Waals surface area contributed by atoms with Crippen molar-refractivity contribution in [1.29, 1.82) is 0 Å². The zero-order valence-corrected chi connectivity index (χ0v) is 9.78. The highest BCUT2D eigenvalue weighted by Gasteiger charge is 2.27. The fourth-order valence-electron chi connectivity index (χ4n) is 2.63. The van der Waals surface area contributed by atoms with Gasteiger partial charge in [0.05, 0.1) is 6.10 Å². The molecule has 2 rings (SSSR count). The maximum absolute atomic E-state index is 11.8. The first-order valence-corrected chi connectivity index (χ1v) is 6.40. The number of amides is 1. The van der Waals surface area contributed by atoms with Gasteiger partial charge in [0.1, 0.15) is 0 Å². The fourth-order valence-corrected chi connectivity index (χ4v) is 2.63. The number of hydrogen-bond acceptors (Lipinski definition) is 3. The molecule has 0 spiro atoms. The molecule has 92 valence electrons. The lowest BCUT2D eigenvalue weighted by atomic mass is 10.1. The van der Waals surface area contributed by atoms with Crippen molar-refractivity contribution in [3.05, 3.63) is 0 Å². The summed E-state index contributed by atoms with van der Waals surface area (Å²) >= 11 is 0. The second-order valence-electron chi connectivity index (χ2n) is 4.98. The van der Waals surface area contributed by atoms with Crippen molar-refractivity contribution < 1.29 is 9.53 Å². The number of carbonyl (C=O) groups is 1. The predicted molar refractivity (Wildman–Crippen MR) is 61.9 cm³/mol. The second-order valence-corrected chi connectivity index (χ2v) is 4.98. The third kappa shape index (κ3) is 3.19. The van der Waals surface area contributed by atoms with Gasteiger partial charge < -0.3 is 15.8 Å². The minimum atomic E-state index is 0.152. The van der Waals surface area contributed by atoms with E-state index in [2.05, 4.69) is 5.32 Å². The molecular weight excluding hydrogens is 204 g/mol. The van der Waals surface area contributed by atoms with Crippen LogP contribution in [-0.2, 0) is 9.53 Å². The number of rotatable bonds is 4. The monoisotopic (exact) mass is 226 g/mol. The van der Waals surface area contributed by atoms with E-state index in [9.17, 15) is 4.79 Å². The summed E-state index contributed by atoms with van der Waals surface area (Å²) in [4.78, 5) is 11.8. The van der Waals surface area contributed by atoms with Crippen molar-refractivity contribution in [2.45, 2.75) is 50.7 Å². The summed E-state index contributed by atoms with van der Waals surface area (Å²) in [5, 5.41) is 3.00. The zero-order chi connectivity index (χ0) is 11.4. The smallest absolute Gasteiger partial charge is 0.223 e. The normalized spacial score (nSPS) is 34.2. The standard InChI is InChI=1S/C12H22N2O2/c13-10-4-3-9(8-10)12(15)14-6-5-11-2-1-7-16-11/h9-11H,1-8,13H2,(H,14,15). The third-order valence-electron chi connectivity index (χ3n) is 3.63. The zero-order valence-electron chi connectivity index (χ0n) is 9.78. The molecule has 0 aromatic rings. The molecule has 1 aliphatic carbocycles. The molecule has 1 heterocycles. The van der Waals surface area contributed by atoms with E-state index in [1.165, 1.54) is 0 Å². The van der Waals surface area contributed by atoms with Crippen LogP contribution < -0.4 is 11.1 Å². The molecule has 4 heteroatoms. The molecule has 1 aliphatic heterocycles. The number of carbonyl (C=O) groups excluding carboxylic acids is 1. The summed E-state index contributed by atoms with van der Waals surface area (Å²) in [6, 6.07) is 0.230. The average Bonchev–Trinajstić information content (AvgIpc) is 2.89. The van der Waals surface area contributed by atoms with Gasteiger partial charge in [0.15, 0.2) is 0 Å². The summed E-state index contributed by atoms with van der Waals surface area (Å²) in [6.45, 7) is 1.63. The molecule has 0 bridgehead atoms. The molecule has 16 heavy (non-hydrogen) atoms. The Morgan fingerprint density at radius 2 is 2.25 bits per heavy atom. The molecule has 2 fully saturated rings. The summed E-state index contributed by atoms with van der Waals surface area (Å²) in [7, 11) is 0. The van der Waals surface area contributed by atoms with Gasteiger partial charge in [-0.3, -0.25) is 4.79 Å². The van der Waals surface area contributed by atoms with Gasteiger partial charge in [-0.25, -0.2) is 0 Å². The van der Waals surface area contributed by atoms with Crippen LogP contribution in [0.15, 0.2) is 0 Å². The molecule has 3 unspecified atom stereocenters. The van der Waals surface area contributed by atoms with Crippen LogP contribution in [0.2, 0.25) is 0 Å². The van der Waals surface area contributed by atoms with Gasteiger partial charge in [-0.1, -0.05) is 0 Å². The van der Waals surface area contributed by atoms with Crippen molar-refractivity contribution in [1.82, 2.24) is 5.32 Å². The topological polar surface area (TPSA) is 64.4 Å². The molecule has 3 atom stereocenters. The molecule has 3 N–H and O–H groups in total. The molecule has 0 radical (unpaired) electrons. The molecule has 0 aromatic heterocycles. The molecule has 4 nitrogen and oxygen atoms in total. The van der Waals surface area contributed by atoms with E-state index < -0.39 is 0 Å². The van der Waals surface area contributed by atoms with E-state index in [1.54, 1.807) is 0 Å². The van der Waals surface area contributed by atoms with E-state index >= 15 is 0 Å². The first-order valence-electron chi connectivity index (χ1n) is 6.40. The van der Waals surface area contributed by atoms with Crippen molar-refractivity contribution in [3.63, 3.8) is 0 Å². The van der Waals surface area contributed by atoms with Gasteiger partial charge >= 0.3 is 0 Å². The van der Waals surface area contributed by atoms with E-state index in [-0.39, 0.29) is 17.9 Å². The molecule has 1 saturated heterocycles. The Bertz CT molecular complexity index is 239. The SMILES string of the molecule is NC1CCC(C(=O)NCCC2CCCO2)C1. The largest absolute Gasteiger partial charge is 0.378 e. The summed E-state index contributed by atoms with van der Waals surface area (Å²) in [6.07, 6.45) is 6.42. The maximum Gasteiger partial charge on any atom is 0.223 e. The predicted octanol–water partition coefficient (Wildman–Crippen LogP) is 0.799.